The third kappa shape index (κ3) is 5.11. The zero-order chi connectivity index (χ0) is 19.9. The van der Waals surface area contributed by atoms with Crippen molar-refractivity contribution >= 4 is 17.5 Å². The molecular formula is C22H20N2O4. The smallest absolute Gasteiger partial charge is 0.262 e. The van der Waals surface area contributed by atoms with Gasteiger partial charge in [-0.15, -0.1) is 0 Å². The van der Waals surface area contributed by atoms with Crippen molar-refractivity contribution in [1.82, 2.24) is 0 Å². The van der Waals surface area contributed by atoms with Crippen LogP contribution in [-0.2, 0) is 4.79 Å². The molecule has 0 radical (unpaired) electrons. The molecule has 0 aromatic heterocycles. The predicted octanol–water partition coefficient (Wildman–Crippen LogP) is 3.90. The first-order chi connectivity index (χ1) is 13.5. The Labute approximate surface area is 162 Å². The Morgan fingerprint density at radius 3 is 2.43 bits per heavy atom. The van der Waals surface area contributed by atoms with Gasteiger partial charge >= 0.3 is 0 Å². The molecule has 0 saturated heterocycles. The topological polar surface area (TPSA) is 90.7 Å². The number of nitrogens with one attached hydrogen (secondary N) is 1. The van der Waals surface area contributed by atoms with Crippen LogP contribution >= 0.6 is 0 Å². The molecule has 28 heavy (non-hydrogen) atoms. The molecule has 3 aromatic carbocycles. The highest BCUT2D eigenvalue weighted by molar-refractivity contribution is 5.94. The lowest BCUT2D eigenvalue weighted by atomic mass is 10.2. The number of para-hydroxylation sites is 2. The largest absolute Gasteiger partial charge is 0.484 e. The third-order valence-electron chi connectivity index (χ3n) is 3.90. The average molecular weight is 376 g/mol. The van der Waals surface area contributed by atoms with Crippen molar-refractivity contribution in [2.75, 3.05) is 11.9 Å². The molecule has 6 nitrogen and oxygen atoms in total. The second-order valence-electron chi connectivity index (χ2n) is 6.14. The number of benzene rings is 3. The van der Waals surface area contributed by atoms with Crippen LogP contribution in [0.5, 0.6) is 17.2 Å². The van der Waals surface area contributed by atoms with Crippen LogP contribution in [0.3, 0.4) is 0 Å². The fourth-order valence-corrected chi connectivity index (χ4v) is 2.47. The van der Waals surface area contributed by atoms with Crippen LogP contribution < -0.4 is 20.5 Å². The Hall–Kier alpha value is -3.80. The standard InChI is InChI=1S/C22H20N2O4/c1-15-9-11-17(12-10-15)28-20-8-3-2-7-19(20)24-21(25)14-27-18-6-4-5-16(13-18)22(23)26/h2-13H,14H2,1H3,(H2,23,26)(H,24,25). The number of anilines is 1. The number of carbonyl (C=O) groups is 2. The number of amides is 2. The minimum absolute atomic E-state index is 0.221. The van der Waals surface area contributed by atoms with Crippen molar-refractivity contribution in [2.24, 2.45) is 5.73 Å². The second-order valence-corrected chi connectivity index (χ2v) is 6.14. The van der Waals surface area contributed by atoms with E-state index in [9.17, 15) is 9.59 Å². The molecule has 3 rings (SSSR count). The van der Waals surface area contributed by atoms with Gasteiger partial charge in [0.2, 0.25) is 5.91 Å². The van der Waals surface area contributed by atoms with Gasteiger partial charge in [-0.25, -0.2) is 0 Å². The summed E-state index contributed by atoms with van der Waals surface area (Å²) in [5.41, 5.74) is 7.22. The molecule has 0 spiro atoms. The van der Waals surface area contributed by atoms with Gasteiger partial charge in [-0.3, -0.25) is 9.59 Å². The van der Waals surface area contributed by atoms with Gasteiger partial charge in [0.25, 0.3) is 5.91 Å². The lowest BCUT2D eigenvalue weighted by Crippen LogP contribution is -2.20. The molecule has 2 amide bonds. The molecule has 3 aromatic rings. The lowest BCUT2D eigenvalue weighted by molar-refractivity contribution is -0.118. The second kappa shape index (κ2) is 8.73. The number of ether oxygens (including phenoxy) is 2. The van der Waals surface area contributed by atoms with Crippen molar-refractivity contribution in [1.29, 1.82) is 0 Å². The molecule has 0 unspecified atom stereocenters. The summed E-state index contributed by atoms with van der Waals surface area (Å²) in [7, 11) is 0. The van der Waals surface area contributed by atoms with E-state index in [0.29, 0.717) is 28.5 Å². The Balaban J connectivity index is 1.63. The minimum Gasteiger partial charge on any atom is -0.484 e. The van der Waals surface area contributed by atoms with E-state index in [2.05, 4.69) is 5.32 Å². The molecule has 0 heterocycles. The van der Waals surface area contributed by atoms with Crippen LogP contribution in [0.25, 0.3) is 0 Å². The van der Waals surface area contributed by atoms with Gasteiger partial charge in [-0.2, -0.15) is 0 Å². The van der Waals surface area contributed by atoms with Crippen molar-refractivity contribution in [3.05, 3.63) is 83.9 Å². The summed E-state index contributed by atoms with van der Waals surface area (Å²) in [6.07, 6.45) is 0. The summed E-state index contributed by atoms with van der Waals surface area (Å²) in [4.78, 5) is 23.5. The maximum Gasteiger partial charge on any atom is 0.262 e. The number of aryl methyl sites for hydroxylation is 1. The quantitative estimate of drug-likeness (QED) is 0.654. The van der Waals surface area contributed by atoms with E-state index in [4.69, 9.17) is 15.2 Å². The van der Waals surface area contributed by atoms with Crippen LogP contribution in [0.2, 0.25) is 0 Å². The normalized spacial score (nSPS) is 10.2. The average Bonchev–Trinajstić information content (AvgIpc) is 2.70. The molecule has 0 fully saturated rings. The molecule has 3 N–H and O–H groups in total. The summed E-state index contributed by atoms with van der Waals surface area (Å²) < 4.78 is 11.3. The highest BCUT2D eigenvalue weighted by atomic mass is 16.5. The van der Waals surface area contributed by atoms with Crippen LogP contribution in [-0.4, -0.2) is 18.4 Å². The maximum atomic E-state index is 12.3. The maximum absolute atomic E-state index is 12.3. The summed E-state index contributed by atoms with van der Waals surface area (Å²) in [5, 5.41) is 2.77. The molecule has 0 aliphatic rings. The first-order valence-corrected chi connectivity index (χ1v) is 8.67. The zero-order valence-corrected chi connectivity index (χ0v) is 15.3. The van der Waals surface area contributed by atoms with Crippen LogP contribution in [0, 0.1) is 6.92 Å². The SMILES string of the molecule is Cc1ccc(Oc2ccccc2NC(=O)COc2cccc(C(N)=O)c2)cc1. The Morgan fingerprint density at radius 1 is 0.929 bits per heavy atom. The van der Waals surface area contributed by atoms with E-state index in [1.807, 2.05) is 37.3 Å². The van der Waals surface area contributed by atoms with E-state index in [-0.39, 0.29) is 12.5 Å². The van der Waals surface area contributed by atoms with Crippen LogP contribution in [0.1, 0.15) is 15.9 Å². The van der Waals surface area contributed by atoms with Crippen molar-refractivity contribution < 1.29 is 19.1 Å². The highest BCUT2D eigenvalue weighted by Gasteiger charge is 2.10. The molecule has 0 bridgehead atoms. The fraction of sp³-hybridized carbons (Fsp3) is 0.0909. The third-order valence-corrected chi connectivity index (χ3v) is 3.90. The van der Waals surface area contributed by atoms with Gasteiger partial charge in [0.1, 0.15) is 11.5 Å². The first-order valence-electron chi connectivity index (χ1n) is 8.67. The van der Waals surface area contributed by atoms with E-state index >= 15 is 0 Å². The monoisotopic (exact) mass is 376 g/mol. The fourth-order valence-electron chi connectivity index (χ4n) is 2.47. The zero-order valence-electron chi connectivity index (χ0n) is 15.3. The van der Waals surface area contributed by atoms with E-state index in [1.54, 1.807) is 36.4 Å². The van der Waals surface area contributed by atoms with E-state index < -0.39 is 5.91 Å². The molecule has 0 atom stereocenters. The van der Waals surface area contributed by atoms with Crippen LogP contribution in [0.4, 0.5) is 5.69 Å². The van der Waals surface area contributed by atoms with Crippen molar-refractivity contribution in [3.8, 4) is 17.2 Å². The lowest BCUT2D eigenvalue weighted by Gasteiger charge is -2.13. The predicted molar refractivity (Wildman–Crippen MR) is 107 cm³/mol. The Kier molecular flexibility index (Phi) is 5.91. The molecule has 142 valence electrons. The van der Waals surface area contributed by atoms with Gasteiger partial charge in [0.15, 0.2) is 12.4 Å². The van der Waals surface area contributed by atoms with E-state index in [0.717, 1.165) is 5.56 Å². The number of hydrogen-bond acceptors (Lipinski definition) is 4. The summed E-state index contributed by atoms with van der Waals surface area (Å²) in [6.45, 7) is 1.78. The van der Waals surface area contributed by atoms with Crippen LogP contribution in [0.15, 0.2) is 72.8 Å². The molecule has 6 heteroatoms. The number of hydrogen-bond donors (Lipinski definition) is 2. The summed E-state index contributed by atoms with van der Waals surface area (Å²) >= 11 is 0. The number of rotatable bonds is 7. The number of nitrogens with two attached hydrogens (primary N) is 1. The minimum atomic E-state index is -0.558. The Morgan fingerprint density at radius 2 is 1.68 bits per heavy atom. The molecule has 0 aliphatic heterocycles. The molecular weight excluding hydrogens is 356 g/mol. The number of carbonyl (C=O) groups excluding carboxylic acids is 2. The molecule has 0 aliphatic carbocycles. The van der Waals surface area contributed by atoms with Crippen molar-refractivity contribution in [3.63, 3.8) is 0 Å². The van der Waals surface area contributed by atoms with Crippen molar-refractivity contribution in [2.45, 2.75) is 6.92 Å². The molecule has 0 saturated carbocycles. The van der Waals surface area contributed by atoms with Gasteiger partial charge in [0.05, 0.1) is 5.69 Å². The first kappa shape index (κ1) is 19.0. The highest BCUT2D eigenvalue weighted by Crippen LogP contribution is 2.29. The Bertz CT molecular complexity index is 984. The van der Waals surface area contributed by atoms with E-state index in [1.165, 1.54) is 6.07 Å². The van der Waals surface area contributed by atoms with Gasteiger partial charge in [-0.05, 0) is 49.4 Å². The summed E-state index contributed by atoms with van der Waals surface area (Å²) in [6, 6.07) is 21.1. The van der Waals surface area contributed by atoms with Gasteiger partial charge in [0, 0.05) is 5.56 Å². The number of primary amides is 1. The van der Waals surface area contributed by atoms with Gasteiger partial charge < -0.3 is 20.5 Å². The summed E-state index contributed by atoms with van der Waals surface area (Å²) in [5.74, 6) is 0.666. The van der Waals surface area contributed by atoms with Gasteiger partial charge in [-0.1, -0.05) is 35.9 Å².